The summed E-state index contributed by atoms with van der Waals surface area (Å²) in [6, 6.07) is 13.8. The van der Waals surface area contributed by atoms with Gasteiger partial charge in [0.15, 0.2) is 0 Å². The number of aromatic nitrogens is 2. The SMILES string of the molecule is COc1ccc(-c2nc3ccccc3n2C(C(N)=O)(C2CCCCC2)C(C)(C)CC(C)(C)C)c(OC)c1. The third-order valence-electron chi connectivity index (χ3n) is 8.14. The second kappa shape index (κ2) is 10.0. The van der Waals surface area contributed by atoms with Crippen LogP contribution in [0.25, 0.3) is 22.4 Å². The van der Waals surface area contributed by atoms with E-state index in [1.165, 1.54) is 6.42 Å². The number of rotatable bonds is 8. The standard InChI is InChI=1S/C31H43N3O3/c1-29(2,3)20-30(4,5)31(28(32)35,21-13-9-8-10-14-21)34-25-16-12-11-15-24(25)33-27(34)23-18-17-22(36-6)19-26(23)37-7/h11-12,15-19,21H,8-10,13-14,20H2,1-7H3,(H2,32,35). The normalized spacial score (nSPS) is 16.9. The van der Waals surface area contributed by atoms with Crippen molar-refractivity contribution in [1.82, 2.24) is 9.55 Å². The molecule has 0 radical (unpaired) electrons. The van der Waals surface area contributed by atoms with Crippen LogP contribution in [0.5, 0.6) is 11.5 Å². The van der Waals surface area contributed by atoms with Gasteiger partial charge in [-0.15, -0.1) is 0 Å². The Morgan fingerprint density at radius 2 is 1.68 bits per heavy atom. The van der Waals surface area contributed by atoms with Gasteiger partial charge >= 0.3 is 0 Å². The first-order valence-electron chi connectivity index (χ1n) is 13.5. The van der Waals surface area contributed by atoms with E-state index in [1.807, 2.05) is 36.4 Å². The van der Waals surface area contributed by atoms with Gasteiger partial charge in [-0.25, -0.2) is 4.98 Å². The molecule has 1 unspecified atom stereocenters. The largest absolute Gasteiger partial charge is 0.497 e. The summed E-state index contributed by atoms with van der Waals surface area (Å²) in [5, 5.41) is 0. The fraction of sp³-hybridized carbons (Fsp3) is 0.548. The zero-order valence-corrected chi connectivity index (χ0v) is 23.6. The second-order valence-corrected chi connectivity index (χ2v) is 12.4. The molecule has 1 amide bonds. The van der Waals surface area contributed by atoms with Crippen LogP contribution in [0.1, 0.15) is 73.1 Å². The Morgan fingerprint density at radius 1 is 1.00 bits per heavy atom. The van der Waals surface area contributed by atoms with Gasteiger partial charge in [0.1, 0.15) is 22.9 Å². The van der Waals surface area contributed by atoms with Gasteiger partial charge in [-0.2, -0.15) is 0 Å². The van der Waals surface area contributed by atoms with E-state index in [1.54, 1.807) is 14.2 Å². The smallest absolute Gasteiger partial charge is 0.244 e. The van der Waals surface area contributed by atoms with Crippen LogP contribution in [0, 0.1) is 16.7 Å². The van der Waals surface area contributed by atoms with Crippen molar-refractivity contribution in [3.05, 3.63) is 42.5 Å². The number of nitrogens with zero attached hydrogens (tertiary/aromatic N) is 2. The monoisotopic (exact) mass is 505 g/mol. The van der Waals surface area contributed by atoms with Crippen LogP contribution >= 0.6 is 0 Å². The number of methoxy groups -OCH3 is 2. The van der Waals surface area contributed by atoms with Gasteiger partial charge in [-0.1, -0.05) is 66.0 Å². The minimum atomic E-state index is -0.989. The molecule has 1 aliphatic rings. The fourth-order valence-electron chi connectivity index (χ4n) is 7.21. The van der Waals surface area contributed by atoms with Gasteiger partial charge in [0.2, 0.25) is 5.91 Å². The third kappa shape index (κ3) is 4.71. The van der Waals surface area contributed by atoms with E-state index >= 15 is 0 Å². The molecule has 1 aliphatic carbocycles. The van der Waals surface area contributed by atoms with Crippen LogP contribution in [-0.4, -0.2) is 29.7 Å². The Hall–Kier alpha value is -3.02. The summed E-state index contributed by atoms with van der Waals surface area (Å²) in [5.74, 6) is 1.85. The molecule has 200 valence electrons. The highest BCUT2D eigenvalue weighted by Crippen LogP contribution is 2.55. The van der Waals surface area contributed by atoms with E-state index in [-0.39, 0.29) is 17.2 Å². The van der Waals surface area contributed by atoms with Crippen molar-refractivity contribution in [2.75, 3.05) is 14.2 Å². The summed E-state index contributed by atoms with van der Waals surface area (Å²) in [6.07, 6.45) is 6.13. The summed E-state index contributed by atoms with van der Waals surface area (Å²) < 4.78 is 13.5. The van der Waals surface area contributed by atoms with Crippen molar-refractivity contribution >= 4 is 16.9 Å². The van der Waals surface area contributed by atoms with Gasteiger partial charge < -0.3 is 19.8 Å². The number of primary amides is 1. The molecule has 2 aromatic carbocycles. The molecular weight excluding hydrogens is 462 g/mol. The van der Waals surface area contributed by atoms with Gasteiger partial charge in [0.05, 0.1) is 30.8 Å². The summed E-state index contributed by atoms with van der Waals surface area (Å²) >= 11 is 0. The molecule has 6 heteroatoms. The molecule has 4 rings (SSSR count). The molecule has 2 N–H and O–H groups in total. The van der Waals surface area contributed by atoms with Crippen molar-refractivity contribution < 1.29 is 14.3 Å². The average Bonchev–Trinajstić information content (AvgIpc) is 3.22. The summed E-state index contributed by atoms with van der Waals surface area (Å²) in [6.45, 7) is 11.2. The molecular formula is C31H43N3O3. The lowest BCUT2D eigenvalue weighted by Gasteiger charge is -2.53. The number of nitrogens with two attached hydrogens (primary N) is 1. The molecule has 1 aromatic heterocycles. The number of ether oxygens (including phenoxy) is 2. The zero-order chi connectivity index (χ0) is 27.0. The lowest BCUT2D eigenvalue weighted by atomic mass is 9.56. The molecule has 6 nitrogen and oxygen atoms in total. The summed E-state index contributed by atoms with van der Waals surface area (Å²) in [7, 11) is 3.29. The van der Waals surface area contributed by atoms with Gasteiger partial charge in [0, 0.05) is 6.07 Å². The van der Waals surface area contributed by atoms with Crippen LogP contribution in [-0.2, 0) is 10.3 Å². The molecule has 0 bridgehead atoms. The van der Waals surface area contributed by atoms with E-state index in [0.717, 1.165) is 48.7 Å². The predicted molar refractivity (Wildman–Crippen MR) is 150 cm³/mol. The molecule has 0 saturated heterocycles. The summed E-state index contributed by atoms with van der Waals surface area (Å²) in [5.41, 5.74) is 7.72. The van der Waals surface area contributed by atoms with Crippen LogP contribution < -0.4 is 15.2 Å². The topological polar surface area (TPSA) is 79.4 Å². The van der Waals surface area contributed by atoms with Crippen LogP contribution in [0.15, 0.2) is 42.5 Å². The highest BCUT2D eigenvalue weighted by atomic mass is 16.5. The molecule has 37 heavy (non-hydrogen) atoms. The van der Waals surface area contributed by atoms with Crippen molar-refractivity contribution in [3.63, 3.8) is 0 Å². The first-order valence-corrected chi connectivity index (χ1v) is 13.5. The molecule has 1 fully saturated rings. The first kappa shape index (κ1) is 27.0. The van der Waals surface area contributed by atoms with E-state index in [9.17, 15) is 4.79 Å². The van der Waals surface area contributed by atoms with Gasteiger partial charge in [-0.3, -0.25) is 4.79 Å². The molecule has 0 aliphatic heterocycles. The minimum absolute atomic E-state index is 0.00673. The van der Waals surface area contributed by atoms with Crippen molar-refractivity contribution in [2.45, 2.75) is 78.7 Å². The number of fused-ring (bicyclic) bond motifs is 1. The number of para-hydroxylation sites is 2. The van der Waals surface area contributed by atoms with E-state index in [2.05, 4.69) is 45.3 Å². The van der Waals surface area contributed by atoms with Crippen LogP contribution in [0.2, 0.25) is 0 Å². The first-order chi connectivity index (χ1) is 17.5. The molecule has 1 saturated carbocycles. The number of amides is 1. The molecule has 3 aromatic rings. The van der Waals surface area contributed by atoms with Crippen LogP contribution in [0.3, 0.4) is 0 Å². The van der Waals surface area contributed by atoms with Gasteiger partial charge in [-0.05, 0) is 60.3 Å². The number of hydrogen-bond acceptors (Lipinski definition) is 4. The summed E-state index contributed by atoms with van der Waals surface area (Å²) in [4.78, 5) is 19.3. The quantitative estimate of drug-likeness (QED) is 0.359. The highest BCUT2D eigenvalue weighted by Gasteiger charge is 2.58. The zero-order valence-electron chi connectivity index (χ0n) is 23.6. The number of carbonyl (C=O) groups is 1. The van der Waals surface area contributed by atoms with E-state index < -0.39 is 11.0 Å². The lowest BCUT2D eigenvalue weighted by molar-refractivity contribution is -0.141. The van der Waals surface area contributed by atoms with Crippen molar-refractivity contribution in [2.24, 2.45) is 22.5 Å². The van der Waals surface area contributed by atoms with Gasteiger partial charge in [0.25, 0.3) is 0 Å². The predicted octanol–water partition coefficient (Wildman–Crippen LogP) is 6.94. The van der Waals surface area contributed by atoms with E-state index in [4.69, 9.17) is 20.2 Å². The Morgan fingerprint density at radius 3 is 2.27 bits per heavy atom. The maximum absolute atomic E-state index is 14.2. The maximum atomic E-state index is 14.2. The highest BCUT2D eigenvalue weighted by molar-refractivity contribution is 5.91. The minimum Gasteiger partial charge on any atom is -0.497 e. The number of carbonyl (C=O) groups excluding carboxylic acids is 1. The number of imidazole rings is 1. The Labute approximate surface area is 221 Å². The number of hydrogen-bond donors (Lipinski definition) is 1. The van der Waals surface area contributed by atoms with Crippen molar-refractivity contribution in [1.29, 1.82) is 0 Å². The Bertz CT molecular complexity index is 1260. The van der Waals surface area contributed by atoms with Crippen molar-refractivity contribution in [3.8, 4) is 22.9 Å². The van der Waals surface area contributed by atoms with E-state index in [0.29, 0.717) is 17.3 Å². The van der Waals surface area contributed by atoms with Crippen LogP contribution in [0.4, 0.5) is 0 Å². The number of benzene rings is 2. The Balaban J connectivity index is 2.14. The molecule has 0 spiro atoms. The second-order valence-electron chi connectivity index (χ2n) is 12.4. The fourth-order valence-corrected chi connectivity index (χ4v) is 7.21. The maximum Gasteiger partial charge on any atom is 0.244 e. The average molecular weight is 506 g/mol. The third-order valence-corrected chi connectivity index (χ3v) is 8.14. The Kier molecular flexibility index (Phi) is 7.33. The lowest BCUT2D eigenvalue weighted by Crippen LogP contribution is -2.62. The molecule has 1 heterocycles. The molecule has 1 atom stereocenters.